The number of amides is 1. The van der Waals surface area contributed by atoms with E-state index in [1.54, 1.807) is 18.2 Å². The van der Waals surface area contributed by atoms with Crippen LogP contribution in [0.1, 0.15) is 26.2 Å². The number of benzene rings is 2. The van der Waals surface area contributed by atoms with Gasteiger partial charge in [-0.05, 0) is 30.5 Å². The second-order valence-corrected chi connectivity index (χ2v) is 7.02. The van der Waals surface area contributed by atoms with Crippen LogP contribution in [-0.2, 0) is 4.79 Å². The van der Waals surface area contributed by atoms with Crippen molar-refractivity contribution in [1.29, 1.82) is 0 Å². The molecule has 1 aliphatic rings. The lowest BCUT2D eigenvalue weighted by atomic mass is 10.1. The zero-order valence-corrected chi connectivity index (χ0v) is 15.9. The monoisotopic (exact) mass is 377 g/mol. The van der Waals surface area contributed by atoms with Crippen molar-refractivity contribution in [3.05, 3.63) is 65.0 Å². The average Bonchev–Trinajstić information content (AvgIpc) is 3.57. The fourth-order valence-corrected chi connectivity index (χ4v) is 3.38. The van der Waals surface area contributed by atoms with E-state index < -0.39 is 0 Å². The van der Waals surface area contributed by atoms with Gasteiger partial charge in [0, 0.05) is 18.5 Å². The summed E-state index contributed by atoms with van der Waals surface area (Å²) in [5.74, 6) is 0.798. The molecule has 0 atom stereocenters. The first kappa shape index (κ1) is 18.3. The standard InChI is InChI=1S/C23H23NO4/c1-2-22(25)24(17-8-9-17)12-13-27-18-10-11-19-21(14-18)28-15-20(23(19)26)16-6-4-3-5-7-16/h3-7,10-11,14-15,17H,2,8-9,12-13H2,1H3. The second kappa shape index (κ2) is 7.89. The minimum absolute atomic E-state index is 0.0625. The molecule has 0 spiro atoms. The van der Waals surface area contributed by atoms with E-state index in [9.17, 15) is 9.59 Å². The summed E-state index contributed by atoms with van der Waals surface area (Å²) < 4.78 is 11.5. The molecule has 1 aliphatic carbocycles. The number of hydrogen-bond acceptors (Lipinski definition) is 4. The molecule has 1 amide bonds. The molecule has 2 aromatic carbocycles. The van der Waals surface area contributed by atoms with Crippen LogP contribution in [0.15, 0.2) is 64.0 Å². The van der Waals surface area contributed by atoms with Crippen LogP contribution in [0.2, 0.25) is 0 Å². The van der Waals surface area contributed by atoms with Crippen LogP contribution in [0.25, 0.3) is 22.1 Å². The molecule has 0 radical (unpaired) electrons. The summed E-state index contributed by atoms with van der Waals surface area (Å²) in [7, 11) is 0. The van der Waals surface area contributed by atoms with Gasteiger partial charge in [-0.2, -0.15) is 0 Å². The number of rotatable bonds is 7. The fraction of sp³-hybridized carbons (Fsp3) is 0.304. The molecule has 28 heavy (non-hydrogen) atoms. The Morgan fingerprint density at radius 1 is 1.18 bits per heavy atom. The Labute approximate surface area is 163 Å². The lowest BCUT2D eigenvalue weighted by molar-refractivity contribution is -0.131. The molecule has 0 N–H and O–H groups in total. The van der Waals surface area contributed by atoms with Crippen LogP contribution in [0.3, 0.4) is 0 Å². The molecule has 1 heterocycles. The van der Waals surface area contributed by atoms with Gasteiger partial charge in [-0.15, -0.1) is 0 Å². The zero-order valence-electron chi connectivity index (χ0n) is 15.9. The SMILES string of the molecule is CCC(=O)N(CCOc1ccc2c(=O)c(-c3ccccc3)coc2c1)C1CC1. The molecule has 5 heteroatoms. The highest BCUT2D eigenvalue weighted by atomic mass is 16.5. The maximum Gasteiger partial charge on any atom is 0.222 e. The summed E-state index contributed by atoms with van der Waals surface area (Å²) in [6.07, 6.45) is 4.17. The first-order valence-corrected chi connectivity index (χ1v) is 9.70. The van der Waals surface area contributed by atoms with Crippen molar-refractivity contribution in [2.45, 2.75) is 32.2 Å². The van der Waals surface area contributed by atoms with E-state index >= 15 is 0 Å². The van der Waals surface area contributed by atoms with Gasteiger partial charge in [-0.25, -0.2) is 0 Å². The van der Waals surface area contributed by atoms with Gasteiger partial charge >= 0.3 is 0 Å². The molecule has 1 aromatic heterocycles. The van der Waals surface area contributed by atoms with Gasteiger partial charge in [0.25, 0.3) is 0 Å². The third-order valence-electron chi connectivity index (χ3n) is 5.04. The lowest BCUT2D eigenvalue weighted by Crippen LogP contribution is -2.35. The molecular formula is C23H23NO4. The van der Waals surface area contributed by atoms with E-state index in [0.29, 0.717) is 47.9 Å². The molecule has 4 rings (SSSR count). The van der Waals surface area contributed by atoms with Crippen molar-refractivity contribution in [3.63, 3.8) is 0 Å². The summed E-state index contributed by atoms with van der Waals surface area (Å²) in [6, 6.07) is 15.1. The molecule has 5 nitrogen and oxygen atoms in total. The number of fused-ring (bicyclic) bond motifs is 1. The highest BCUT2D eigenvalue weighted by Crippen LogP contribution is 2.27. The zero-order chi connectivity index (χ0) is 19.5. The largest absolute Gasteiger partial charge is 0.492 e. The highest BCUT2D eigenvalue weighted by molar-refractivity contribution is 5.82. The van der Waals surface area contributed by atoms with Crippen LogP contribution in [0.4, 0.5) is 0 Å². The Hall–Kier alpha value is -3.08. The summed E-state index contributed by atoms with van der Waals surface area (Å²) in [6.45, 7) is 2.87. The number of hydrogen-bond donors (Lipinski definition) is 0. The molecule has 0 aliphatic heterocycles. The molecule has 1 saturated carbocycles. The fourth-order valence-electron chi connectivity index (χ4n) is 3.38. The smallest absolute Gasteiger partial charge is 0.222 e. The van der Waals surface area contributed by atoms with Gasteiger partial charge < -0.3 is 14.1 Å². The first-order valence-electron chi connectivity index (χ1n) is 9.70. The Morgan fingerprint density at radius 3 is 2.68 bits per heavy atom. The average molecular weight is 377 g/mol. The summed E-state index contributed by atoms with van der Waals surface area (Å²) in [4.78, 5) is 26.7. The molecule has 1 fully saturated rings. The third-order valence-corrected chi connectivity index (χ3v) is 5.04. The van der Waals surface area contributed by atoms with E-state index in [-0.39, 0.29) is 11.3 Å². The van der Waals surface area contributed by atoms with E-state index in [4.69, 9.17) is 9.15 Å². The Balaban J connectivity index is 1.49. The summed E-state index contributed by atoms with van der Waals surface area (Å²) in [5.41, 5.74) is 1.80. The van der Waals surface area contributed by atoms with Crippen LogP contribution >= 0.6 is 0 Å². The van der Waals surface area contributed by atoms with Gasteiger partial charge in [0.2, 0.25) is 5.91 Å². The first-order chi connectivity index (χ1) is 13.7. The predicted molar refractivity (Wildman–Crippen MR) is 108 cm³/mol. The minimum Gasteiger partial charge on any atom is -0.492 e. The lowest BCUT2D eigenvalue weighted by Gasteiger charge is -2.21. The van der Waals surface area contributed by atoms with Gasteiger partial charge in [-0.3, -0.25) is 9.59 Å². The van der Waals surface area contributed by atoms with Gasteiger partial charge in [0.15, 0.2) is 5.43 Å². The van der Waals surface area contributed by atoms with Crippen LogP contribution < -0.4 is 10.2 Å². The van der Waals surface area contributed by atoms with Gasteiger partial charge in [0.1, 0.15) is 24.2 Å². The molecule has 0 bridgehead atoms. The molecular weight excluding hydrogens is 354 g/mol. The topological polar surface area (TPSA) is 59.8 Å². The Kier molecular flexibility index (Phi) is 5.15. The molecule has 3 aromatic rings. The van der Waals surface area contributed by atoms with Crippen molar-refractivity contribution in [1.82, 2.24) is 4.90 Å². The predicted octanol–water partition coefficient (Wildman–Crippen LogP) is 4.24. The highest BCUT2D eigenvalue weighted by Gasteiger charge is 2.31. The van der Waals surface area contributed by atoms with Crippen molar-refractivity contribution >= 4 is 16.9 Å². The molecule has 0 saturated heterocycles. The van der Waals surface area contributed by atoms with Crippen LogP contribution in [0.5, 0.6) is 5.75 Å². The van der Waals surface area contributed by atoms with E-state index in [1.807, 2.05) is 42.2 Å². The maximum atomic E-state index is 12.8. The Bertz CT molecular complexity index is 1040. The quantitative estimate of drug-likeness (QED) is 0.618. The van der Waals surface area contributed by atoms with Crippen molar-refractivity contribution in [2.24, 2.45) is 0 Å². The minimum atomic E-state index is -0.0625. The summed E-state index contributed by atoms with van der Waals surface area (Å²) >= 11 is 0. The number of carbonyl (C=O) groups is 1. The van der Waals surface area contributed by atoms with E-state index in [2.05, 4.69) is 0 Å². The number of ether oxygens (including phenoxy) is 1. The van der Waals surface area contributed by atoms with Gasteiger partial charge in [0.05, 0.1) is 17.5 Å². The van der Waals surface area contributed by atoms with Crippen molar-refractivity contribution in [3.8, 4) is 16.9 Å². The van der Waals surface area contributed by atoms with E-state index in [0.717, 1.165) is 18.4 Å². The molecule has 144 valence electrons. The van der Waals surface area contributed by atoms with E-state index in [1.165, 1.54) is 6.26 Å². The normalized spacial score (nSPS) is 13.5. The summed E-state index contributed by atoms with van der Waals surface area (Å²) in [5, 5.41) is 0.523. The van der Waals surface area contributed by atoms with Crippen LogP contribution in [0, 0.1) is 0 Å². The Morgan fingerprint density at radius 2 is 1.96 bits per heavy atom. The number of carbonyl (C=O) groups excluding carboxylic acids is 1. The maximum absolute atomic E-state index is 12.8. The number of nitrogens with zero attached hydrogens (tertiary/aromatic N) is 1. The third kappa shape index (κ3) is 3.79. The van der Waals surface area contributed by atoms with Crippen molar-refractivity contribution < 1.29 is 13.9 Å². The molecule has 0 unspecified atom stereocenters. The van der Waals surface area contributed by atoms with Gasteiger partial charge in [-0.1, -0.05) is 37.3 Å². The second-order valence-electron chi connectivity index (χ2n) is 7.02. The van der Waals surface area contributed by atoms with Crippen molar-refractivity contribution in [2.75, 3.05) is 13.2 Å². The van der Waals surface area contributed by atoms with Crippen LogP contribution in [-0.4, -0.2) is 30.0 Å².